The molecule has 1 N–H and O–H groups in total. The maximum absolute atomic E-state index is 12.1. The summed E-state index contributed by atoms with van der Waals surface area (Å²) in [5, 5.41) is 2.49. The molecule has 0 unspecified atom stereocenters. The molecule has 0 aliphatic heterocycles. The molecule has 27 heavy (non-hydrogen) atoms. The van der Waals surface area contributed by atoms with Crippen molar-refractivity contribution in [1.82, 2.24) is 0 Å². The molecule has 9 heteroatoms. The molecule has 2 rings (SSSR count). The van der Waals surface area contributed by atoms with E-state index in [4.69, 9.17) is 4.74 Å². The molecule has 0 aliphatic rings. The van der Waals surface area contributed by atoms with Gasteiger partial charge < -0.3 is 19.5 Å². The average Bonchev–Trinajstić information content (AvgIpc) is 2.66. The molecule has 2 aromatic rings. The van der Waals surface area contributed by atoms with Gasteiger partial charge in [-0.2, -0.15) is 8.78 Å². The van der Waals surface area contributed by atoms with Crippen LogP contribution < -0.4 is 10.1 Å². The molecule has 0 atom stereocenters. The minimum atomic E-state index is -2.96. The lowest BCUT2D eigenvalue weighted by Gasteiger charge is -2.08. The second-order valence-corrected chi connectivity index (χ2v) is 5.10. The summed E-state index contributed by atoms with van der Waals surface area (Å²) in [6.07, 6.45) is 0. The number of amides is 1. The molecule has 1 amide bonds. The molecule has 0 fully saturated rings. The predicted octanol–water partition coefficient (Wildman–Crippen LogP) is 2.87. The molecule has 0 heterocycles. The van der Waals surface area contributed by atoms with Gasteiger partial charge in [0.15, 0.2) is 6.61 Å². The van der Waals surface area contributed by atoms with Gasteiger partial charge in [0.2, 0.25) is 0 Å². The summed E-state index contributed by atoms with van der Waals surface area (Å²) in [5.41, 5.74) is 0.797. The topological polar surface area (TPSA) is 90.9 Å². The van der Waals surface area contributed by atoms with Crippen molar-refractivity contribution >= 4 is 23.5 Å². The summed E-state index contributed by atoms with van der Waals surface area (Å²) >= 11 is 0. The molecular formula is C18H15F2NO6. The largest absolute Gasteiger partial charge is 0.465 e. The van der Waals surface area contributed by atoms with Gasteiger partial charge in [0.25, 0.3) is 5.91 Å². The number of rotatable bonds is 7. The van der Waals surface area contributed by atoms with Crippen LogP contribution in [0.3, 0.4) is 0 Å². The number of esters is 2. The lowest BCUT2D eigenvalue weighted by molar-refractivity contribution is -0.119. The molecule has 0 bridgehead atoms. The van der Waals surface area contributed by atoms with Gasteiger partial charge in [-0.25, -0.2) is 9.59 Å². The maximum atomic E-state index is 12.1. The van der Waals surface area contributed by atoms with Crippen molar-refractivity contribution in [2.24, 2.45) is 0 Å². The van der Waals surface area contributed by atoms with Gasteiger partial charge in [0, 0.05) is 5.69 Å². The first-order chi connectivity index (χ1) is 12.9. The number of ether oxygens (including phenoxy) is 3. The maximum Gasteiger partial charge on any atom is 0.387 e. The lowest BCUT2D eigenvalue weighted by atomic mass is 10.2. The second kappa shape index (κ2) is 9.27. The SMILES string of the molecule is COC(=O)c1ccc(NC(=O)COC(=O)c2ccc(OC(F)F)cc2)cc1. The third kappa shape index (κ3) is 6.07. The number of methoxy groups -OCH3 is 1. The van der Waals surface area contributed by atoms with Gasteiger partial charge in [-0.05, 0) is 48.5 Å². The molecule has 0 saturated carbocycles. The van der Waals surface area contributed by atoms with Crippen LogP contribution in [0.5, 0.6) is 5.75 Å². The first kappa shape index (κ1) is 19.8. The minimum absolute atomic E-state index is 0.0758. The summed E-state index contributed by atoms with van der Waals surface area (Å²) in [6, 6.07) is 10.8. The number of anilines is 1. The number of halogens is 2. The van der Waals surface area contributed by atoms with E-state index in [-0.39, 0.29) is 11.3 Å². The molecule has 0 aliphatic carbocycles. The van der Waals surface area contributed by atoms with E-state index < -0.39 is 31.1 Å². The van der Waals surface area contributed by atoms with Crippen LogP contribution in [0.4, 0.5) is 14.5 Å². The fourth-order valence-electron chi connectivity index (χ4n) is 1.99. The Morgan fingerprint density at radius 1 is 0.926 bits per heavy atom. The van der Waals surface area contributed by atoms with Gasteiger partial charge in [0.1, 0.15) is 5.75 Å². The van der Waals surface area contributed by atoms with E-state index in [0.29, 0.717) is 11.3 Å². The van der Waals surface area contributed by atoms with E-state index in [1.54, 1.807) is 0 Å². The van der Waals surface area contributed by atoms with Gasteiger partial charge in [-0.1, -0.05) is 0 Å². The van der Waals surface area contributed by atoms with Crippen LogP contribution in [0.2, 0.25) is 0 Å². The van der Waals surface area contributed by atoms with Crippen molar-refractivity contribution < 1.29 is 37.4 Å². The highest BCUT2D eigenvalue weighted by Crippen LogP contribution is 2.15. The van der Waals surface area contributed by atoms with Gasteiger partial charge in [0.05, 0.1) is 18.2 Å². The van der Waals surface area contributed by atoms with Crippen molar-refractivity contribution in [1.29, 1.82) is 0 Å². The van der Waals surface area contributed by atoms with Crippen molar-refractivity contribution in [3.8, 4) is 5.75 Å². The number of carbonyl (C=O) groups is 3. The summed E-state index contributed by atoms with van der Waals surface area (Å²) < 4.78 is 37.7. The van der Waals surface area contributed by atoms with Crippen LogP contribution in [-0.4, -0.2) is 38.2 Å². The molecule has 7 nitrogen and oxygen atoms in total. The second-order valence-electron chi connectivity index (χ2n) is 5.10. The molecule has 0 aromatic heterocycles. The highest BCUT2D eigenvalue weighted by atomic mass is 19.3. The van der Waals surface area contributed by atoms with Crippen LogP contribution in [0, 0.1) is 0 Å². The summed E-state index contributed by atoms with van der Waals surface area (Å²) in [4.78, 5) is 35.0. The van der Waals surface area contributed by atoms with Gasteiger partial charge in [-0.15, -0.1) is 0 Å². The average molecular weight is 379 g/mol. The van der Waals surface area contributed by atoms with E-state index in [1.165, 1.54) is 55.6 Å². The standard InChI is InChI=1S/C18H15F2NO6/c1-25-16(23)11-2-6-13(7-3-11)21-15(22)10-26-17(24)12-4-8-14(9-5-12)27-18(19)20/h2-9,18H,10H2,1H3,(H,21,22). The van der Waals surface area contributed by atoms with E-state index in [0.717, 1.165) is 0 Å². The zero-order chi connectivity index (χ0) is 19.8. The van der Waals surface area contributed by atoms with Crippen LogP contribution >= 0.6 is 0 Å². The third-order valence-electron chi connectivity index (χ3n) is 3.24. The summed E-state index contributed by atoms with van der Waals surface area (Å²) in [6.45, 7) is -3.51. The van der Waals surface area contributed by atoms with E-state index in [1.807, 2.05) is 0 Å². The number of carbonyl (C=O) groups excluding carboxylic acids is 3. The number of benzene rings is 2. The third-order valence-corrected chi connectivity index (χ3v) is 3.24. The Bertz CT molecular complexity index is 806. The monoisotopic (exact) mass is 379 g/mol. The normalized spacial score (nSPS) is 10.2. The number of hydrogen-bond acceptors (Lipinski definition) is 6. The summed E-state index contributed by atoms with van der Waals surface area (Å²) in [5.74, 6) is -2.00. The molecule has 0 saturated heterocycles. The quantitative estimate of drug-likeness (QED) is 0.744. The Morgan fingerprint density at radius 3 is 2.04 bits per heavy atom. The Kier molecular flexibility index (Phi) is 6.81. The first-order valence-corrected chi connectivity index (χ1v) is 7.59. The fourth-order valence-corrected chi connectivity index (χ4v) is 1.99. The van der Waals surface area contributed by atoms with E-state index >= 15 is 0 Å². The Morgan fingerprint density at radius 2 is 1.48 bits per heavy atom. The zero-order valence-corrected chi connectivity index (χ0v) is 14.1. The molecule has 2 aromatic carbocycles. The summed E-state index contributed by atoms with van der Waals surface area (Å²) in [7, 11) is 1.26. The fraction of sp³-hybridized carbons (Fsp3) is 0.167. The van der Waals surface area contributed by atoms with Crippen LogP contribution in [0.15, 0.2) is 48.5 Å². The highest BCUT2D eigenvalue weighted by molar-refractivity contribution is 5.96. The van der Waals surface area contributed by atoms with Crippen molar-refractivity contribution in [2.75, 3.05) is 19.0 Å². The van der Waals surface area contributed by atoms with Crippen molar-refractivity contribution in [3.05, 3.63) is 59.7 Å². The van der Waals surface area contributed by atoms with Crippen molar-refractivity contribution in [2.45, 2.75) is 6.61 Å². The molecular weight excluding hydrogens is 364 g/mol. The first-order valence-electron chi connectivity index (χ1n) is 7.59. The zero-order valence-electron chi connectivity index (χ0n) is 14.1. The van der Waals surface area contributed by atoms with Crippen LogP contribution in [-0.2, 0) is 14.3 Å². The Hall–Kier alpha value is -3.49. The minimum Gasteiger partial charge on any atom is -0.465 e. The van der Waals surface area contributed by atoms with Crippen LogP contribution in [0.25, 0.3) is 0 Å². The predicted molar refractivity (Wildman–Crippen MR) is 89.8 cm³/mol. The van der Waals surface area contributed by atoms with Crippen molar-refractivity contribution in [3.63, 3.8) is 0 Å². The smallest absolute Gasteiger partial charge is 0.387 e. The number of hydrogen-bond donors (Lipinski definition) is 1. The van der Waals surface area contributed by atoms with E-state index in [9.17, 15) is 23.2 Å². The Balaban J connectivity index is 1.84. The Labute approximate surface area is 152 Å². The number of nitrogens with one attached hydrogen (secondary N) is 1. The number of alkyl halides is 2. The lowest BCUT2D eigenvalue weighted by Crippen LogP contribution is -2.21. The van der Waals surface area contributed by atoms with Gasteiger partial charge in [-0.3, -0.25) is 4.79 Å². The molecule has 142 valence electrons. The van der Waals surface area contributed by atoms with Crippen LogP contribution in [0.1, 0.15) is 20.7 Å². The van der Waals surface area contributed by atoms with Gasteiger partial charge >= 0.3 is 18.6 Å². The molecule has 0 spiro atoms. The van der Waals surface area contributed by atoms with E-state index in [2.05, 4.69) is 14.8 Å². The highest BCUT2D eigenvalue weighted by Gasteiger charge is 2.12. The molecule has 0 radical (unpaired) electrons.